The number of nitrogens with one attached hydrogen (secondary N) is 1. The summed E-state index contributed by atoms with van der Waals surface area (Å²) in [5.41, 5.74) is 3.25. The van der Waals surface area contributed by atoms with E-state index in [0.29, 0.717) is 17.0 Å². The van der Waals surface area contributed by atoms with Gasteiger partial charge in [0.15, 0.2) is 5.69 Å². The van der Waals surface area contributed by atoms with Gasteiger partial charge in [0.05, 0.1) is 5.56 Å². The minimum Gasteiger partial charge on any atom is -0.488 e. The second-order valence-electron chi connectivity index (χ2n) is 6.58. The standard InChI is InChI=1S/C19H24N2O3/c1-12-8-9-13(2)17(10-12)23-11-16-14(3)24-21-18(16)19(22)20-15-6-4-5-7-15/h8-10,15H,4-7,11H2,1-3H3,(H,20,22). The zero-order valence-electron chi connectivity index (χ0n) is 14.5. The maximum absolute atomic E-state index is 12.5. The number of ether oxygens (including phenoxy) is 1. The van der Waals surface area contributed by atoms with Gasteiger partial charge in [0, 0.05) is 6.04 Å². The molecular weight excluding hydrogens is 304 g/mol. The molecule has 5 nitrogen and oxygen atoms in total. The Labute approximate surface area is 142 Å². The van der Waals surface area contributed by atoms with Crippen molar-refractivity contribution in [2.24, 2.45) is 0 Å². The summed E-state index contributed by atoms with van der Waals surface area (Å²) in [6.45, 7) is 6.11. The first kappa shape index (κ1) is 16.6. The summed E-state index contributed by atoms with van der Waals surface area (Å²) in [6.07, 6.45) is 4.42. The molecule has 0 saturated heterocycles. The molecule has 0 spiro atoms. The van der Waals surface area contributed by atoms with Crippen LogP contribution in [0, 0.1) is 20.8 Å². The van der Waals surface area contributed by atoms with Crippen molar-refractivity contribution < 1.29 is 14.1 Å². The molecule has 1 amide bonds. The molecule has 1 aliphatic rings. The fourth-order valence-electron chi connectivity index (χ4n) is 3.08. The highest BCUT2D eigenvalue weighted by molar-refractivity contribution is 5.94. The number of hydrogen-bond acceptors (Lipinski definition) is 4. The summed E-state index contributed by atoms with van der Waals surface area (Å²) in [6, 6.07) is 6.32. The number of rotatable bonds is 5. The molecule has 5 heteroatoms. The molecule has 1 aliphatic carbocycles. The van der Waals surface area contributed by atoms with Gasteiger partial charge in [-0.1, -0.05) is 30.1 Å². The number of benzene rings is 1. The molecule has 1 aromatic heterocycles. The first-order chi connectivity index (χ1) is 11.5. The van der Waals surface area contributed by atoms with Crippen LogP contribution in [0.25, 0.3) is 0 Å². The number of hydrogen-bond donors (Lipinski definition) is 1. The van der Waals surface area contributed by atoms with Gasteiger partial charge in [-0.15, -0.1) is 0 Å². The van der Waals surface area contributed by atoms with Crippen molar-refractivity contribution in [3.05, 3.63) is 46.3 Å². The molecule has 0 atom stereocenters. The minimum absolute atomic E-state index is 0.168. The molecular formula is C19H24N2O3. The lowest BCUT2D eigenvalue weighted by Crippen LogP contribution is -2.33. The average Bonchev–Trinajstić information content (AvgIpc) is 3.18. The summed E-state index contributed by atoms with van der Waals surface area (Å²) < 4.78 is 11.2. The van der Waals surface area contributed by atoms with Crippen LogP contribution in [0.4, 0.5) is 0 Å². The quantitative estimate of drug-likeness (QED) is 0.905. The molecule has 0 bridgehead atoms. The van der Waals surface area contributed by atoms with Crippen molar-refractivity contribution in [2.75, 3.05) is 0 Å². The summed E-state index contributed by atoms with van der Waals surface area (Å²) in [7, 11) is 0. The molecule has 1 N–H and O–H groups in total. The molecule has 0 radical (unpaired) electrons. The molecule has 1 aromatic carbocycles. The van der Waals surface area contributed by atoms with E-state index in [9.17, 15) is 4.79 Å². The van der Waals surface area contributed by atoms with Crippen LogP contribution >= 0.6 is 0 Å². The van der Waals surface area contributed by atoms with Gasteiger partial charge in [-0.3, -0.25) is 4.79 Å². The van der Waals surface area contributed by atoms with E-state index in [2.05, 4.69) is 10.5 Å². The van der Waals surface area contributed by atoms with Crippen LogP contribution < -0.4 is 10.1 Å². The summed E-state index contributed by atoms with van der Waals surface area (Å²) in [5.74, 6) is 1.27. The molecule has 0 unspecified atom stereocenters. The monoisotopic (exact) mass is 328 g/mol. The summed E-state index contributed by atoms with van der Waals surface area (Å²) >= 11 is 0. The number of aromatic nitrogens is 1. The smallest absolute Gasteiger partial charge is 0.274 e. The molecule has 24 heavy (non-hydrogen) atoms. The molecule has 1 fully saturated rings. The van der Waals surface area contributed by atoms with Crippen LogP contribution in [0.3, 0.4) is 0 Å². The SMILES string of the molecule is Cc1ccc(C)c(OCc2c(C(=O)NC3CCCC3)noc2C)c1. The van der Waals surface area contributed by atoms with Gasteiger partial charge in [0.1, 0.15) is 18.1 Å². The third-order valence-corrected chi connectivity index (χ3v) is 4.61. The van der Waals surface area contributed by atoms with Gasteiger partial charge >= 0.3 is 0 Å². The third-order valence-electron chi connectivity index (χ3n) is 4.61. The van der Waals surface area contributed by atoms with Crippen molar-refractivity contribution in [1.82, 2.24) is 10.5 Å². The second-order valence-corrected chi connectivity index (χ2v) is 6.58. The van der Waals surface area contributed by atoms with E-state index in [4.69, 9.17) is 9.26 Å². The Balaban J connectivity index is 1.72. The summed E-state index contributed by atoms with van der Waals surface area (Å²) in [5, 5.41) is 6.99. The molecule has 3 rings (SSSR count). The molecule has 1 heterocycles. The van der Waals surface area contributed by atoms with E-state index < -0.39 is 0 Å². The summed E-state index contributed by atoms with van der Waals surface area (Å²) in [4.78, 5) is 12.5. The molecule has 1 saturated carbocycles. The van der Waals surface area contributed by atoms with Crippen LogP contribution in [0.1, 0.15) is 58.6 Å². The largest absolute Gasteiger partial charge is 0.488 e. The number of amides is 1. The van der Waals surface area contributed by atoms with Crippen LogP contribution in [0.2, 0.25) is 0 Å². The lowest BCUT2D eigenvalue weighted by atomic mass is 10.1. The van der Waals surface area contributed by atoms with E-state index in [1.165, 1.54) is 12.8 Å². The number of aryl methyl sites for hydroxylation is 3. The van der Waals surface area contributed by atoms with Crippen LogP contribution in [-0.4, -0.2) is 17.1 Å². The van der Waals surface area contributed by atoms with Gasteiger partial charge in [-0.25, -0.2) is 0 Å². The predicted molar refractivity (Wildman–Crippen MR) is 91.2 cm³/mol. The van der Waals surface area contributed by atoms with E-state index in [1.807, 2.05) is 32.0 Å². The Morgan fingerprint density at radius 2 is 2.04 bits per heavy atom. The topological polar surface area (TPSA) is 64.4 Å². The van der Waals surface area contributed by atoms with Crippen molar-refractivity contribution in [2.45, 2.75) is 59.1 Å². The van der Waals surface area contributed by atoms with Crippen molar-refractivity contribution in [3.8, 4) is 5.75 Å². The minimum atomic E-state index is -0.168. The second kappa shape index (κ2) is 7.07. The van der Waals surface area contributed by atoms with Crippen molar-refractivity contribution in [3.63, 3.8) is 0 Å². The Morgan fingerprint density at radius 1 is 1.29 bits per heavy atom. The average molecular weight is 328 g/mol. The first-order valence-electron chi connectivity index (χ1n) is 8.50. The number of nitrogens with zero attached hydrogens (tertiary/aromatic N) is 1. The molecule has 128 valence electrons. The zero-order chi connectivity index (χ0) is 17.1. The molecule has 2 aromatic rings. The lowest BCUT2D eigenvalue weighted by Gasteiger charge is -2.12. The Hall–Kier alpha value is -2.30. The number of carbonyl (C=O) groups excluding carboxylic acids is 1. The van der Waals surface area contributed by atoms with E-state index in [1.54, 1.807) is 6.92 Å². The number of carbonyl (C=O) groups is 1. The highest BCUT2D eigenvalue weighted by Crippen LogP contribution is 2.23. The maximum atomic E-state index is 12.5. The van der Waals surface area contributed by atoms with Crippen LogP contribution in [0.5, 0.6) is 5.75 Å². The Morgan fingerprint density at radius 3 is 2.79 bits per heavy atom. The lowest BCUT2D eigenvalue weighted by molar-refractivity contribution is 0.0926. The van der Waals surface area contributed by atoms with Crippen LogP contribution in [0.15, 0.2) is 22.7 Å². The fourth-order valence-corrected chi connectivity index (χ4v) is 3.08. The van der Waals surface area contributed by atoms with Gasteiger partial charge < -0.3 is 14.6 Å². The Bertz CT molecular complexity index is 730. The van der Waals surface area contributed by atoms with Gasteiger partial charge in [-0.2, -0.15) is 0 Å². The van der Waals surface area contributed by atoms with Crippen molar-refractivity contribution >= 4 is 5.91 Å². The maximum Gasteiger partial charge on any atom is 0.274 e. The fraction of sp³-hybridized carbons (Fsp3) is 0.474. The van der Waals surface area contributed by atoms with Crippen LogP contribution in [-0.2, 0) is 6.61 Å². The highest BCUT2D eigenvalue weighted by atomic mass is 16.5. The van der Waals surface area contributed by atoms with Crippen molar-refractivity contribution in [1.29, 1.82) is 0 Å². The van der Waals surface area contributed by atoms with Gasteiger partial charge in [0.25, 0.3) is 5.91 Å². The predicted octanol–water partition coefficient (Wildman–Crippen LogP) is 3.85. The van der Waals surface area contributed by atoms with E-state index in [-0.39, 0.29) is 18.6 Å². The van der Waals surface area contributed by atoms with E-state index in [0.717, 1.165) is 29.7 Å². The van der Waals surface area contributed by atoms with E-state index >= 15 is 0 Å². The normalized spacial score (nSPS) is 14.8. The first-order valence-corrected chi connectivity index (χ1v) is 8.50. The molecule has 0 aliphatic heterocycles. The Kier molecular flexibility index (Phi) is 4.88. The zero-order valence-corrected chi connectivity index (χ0v) is 14.5. The van der Waals surface area contributed by atoms with Gasteiger partial charge in [-0.05, 0) is 50.8 Å². The third kappa shape index (κ3) is 3.61. The highest BCUT2D eigenvalue weighted by Gasteiger charge is 2.24. The van der Waals surface area contributed by atoms with Gasteiger partial charge in [0.2, 0.25) is 0 Å².